The average molecular weight is 298 g/mol. The second-order valence-corrected chi connectivity index (χ2v) is 5.85. The van der Waals surface area contributed by atoms with E-state index in [1.165, 1.54) is 16.8 Å². The summed E-state index contributed by atoms with van der Waals surface area (Å²) in [6.45, 7) is 4.14. The van der Waals surface area contributed by atoms with Gasteiger partial charge in [0, 0.05) is 4.88 Å². The second kappa shape index (κ2) is 5.49. The molecular formula is C15H14N4OS. The highest BCUT2D eigenvalue weighted by molar-refractivity contribution is 7.18. The zero-order valence-electron chi connectivity index (χ0n) is 11.7. The molecule has 0 unspecified atom stereocenters. The lowest BCUT2D eigenvalue weighted by atomic mass is 10.2. The van der Waals surface area contributed by atoms with Gasteiger partial charge in [0.25, 0.3) is 0 Å². The zero-order valence-corrected chi connectivity index (χ0v) is 12.5. The summed E-state index contributed by atoms with van der Waals surface area (Å²) in [5.74, 6) is 0.943. The van der Waals surface area contributed by atoms with Crippen LogP contribution in [0.1, 0.15) is 16.0 Å². The molecule has 21 heavy (non-hydrogen) atoms. The Kier molecular flexibility index (Phi) is 3.53. The molecule has 3 aromatic rings. The Bertz CT molecular complexity index is 808. The monoisotopic (exact) mass is 298 g/mol. The van der Waals surface area contributed by atoms with Gasteiger partial charge in [0.05, 0.1) is 11.6 Å². The van der Waals surface area contributed by atoms with Gasteiger partial charge in [0.1, 0.15) is 16.9 Å². The van der Waals surface area contributed by atoms with E-state index < -0.39 is 0 Å². The number of aromatic hydroxyl groups is 1. The molecule has 5 nitrogen and oxygen atoms in total. The molecule has 2 heterocycles. The first kappa shape index (κ1) is 13.5. The SMILES string of the molecule is Cc1sc2ncnc(N/N=C\c3ccc(O)cc3)c2c1C. The number of phenols is 1. The van der Waals surface area contributed by atoms with Gasteiger partial charge in [-0.2, -0.15) is 5.10 Å². The molecule has 0 aliphatic rings. The topological polar surface area (TPSA) is 70.4 Å². The predicted molar refractivity (Wildman–Crippen MR) is 86.2 cm³/mol. The summed E-state index contributed by atoms with van der Waals surface area (Å²) in [6, 6.07) is 6.82. The molecule has 0 fully saturated rings. The third-order valence-electron chi connectivity index (χ3n) is 3.24. The van der Waals surface area contributed by atoms with Crippen LogP contribution in [0.5, 0.6) is 5.75 Å². The van der Waals surface area contributed by atoms with Crippen molar-refractivity contribution in [1.29, 1.82) is 0 Å². The Hall–Kier alpha value is -2.47. The summed E-state index contributed by atoms with van der Waals surface area (Å²) in [6.07, 6.45) is 3.22. The van der Waals surface area contributed by atoms with Crippen molar-refractivity contribution in [3.05, 3.63) is 46.6 Å². The number of fused-ring (bicyclic) bond motifs is 1. The fourth-order valence-electron chi connectivity index (χ4n) is 2.00. The van der Waals surface area contributed by atoms with Gasteiger partial charge in [-0.1, -0.05) is 0 Å². The quantitative estimate of drug-likeness (QED) is 0.574. The van der Waals surface area contributed by atoms with Crippen molar-refractivity contribution in [2.75, 3.05) is 5.43 Å². The number of hydrogen-bond acceptors (Lipinski definition) is 6. The van der Waals surface area contributed by atoms with Crippen molar-refractivity contribution in [2.45, 2.75) is 13.8 Å². The molecule has 0 atom stereocenters. The minimum atomic E-state index is 0.238. The Morgan fingerprint density at radius 3 is 2.71 bits per heavy atom. The Morgan fingerprint density at radius 2 is 1.95 bits per heavy atom. The Morgan fingerprint density at radius 1 is 1.19 bits per heavy atom. The summed E-state index contributed by atoms with van der Waals surface area (Å²) >= 11 is 1.65. The molecule has 106 valence electrons. The van der Waals surface area contributed by atoms with Gasteiger partial charge in [-0.25, -0.2) is 9.97 Å². The Labute approximate surface area is 126 Å². The molecule has 1 aromatic carbocycles. The smallest absolute Gasteiger partial charge is 0.158 e. The first-order valence-electron chi connectivity index (χ1n) is 6.44. The standard InChI is InChI=1S/C15H14N4OS/c1-9-10(2)21-15-13(9)14(16-8-17-15)19-18-7-11-3-5-12(20)6-4-11/h3-8,20H,1-2H3,(H,16,17,19)/b18-7-. The number of anilines is 1. The third kappa shape index (κ3) is 2.71. The van der Waals surface area contributed by atoms with E-state index in [0.717, 1.165) is 15.8 Å². The van der Waals surface area contributed by atoms with Gasteiger partial charge < -0.3 is 5.11 Å². The number of aromatic nitrogens is 2. The van der Waals surface area contributed by atoms with E-state index in [-0.39, 0.29) is 5.75 Å². The number of aryl methyl sites for hydroxylation is 2. The summed E-state index contributed by atoms with van der Waals surface area (Å²) < 4.78 is 0. The summed E-state index contributed by atoms with van der Waals surface area (Å²) in [7, 11) is 0. The summed E-state index contributed by atoms with van der Waals surface area (Å²) in [4.78, 5) is 10.7. The van der Waals surface area contributed by atoms with Crippen LogP contribution in [-0.4, -0.2) is 21.3 Å². The molecule has 6 heteroatoms. The van der Waals surface area contributed by atoms with Crippen molar-refractivity contribution in [3.8, 4) is 5.75 Å². The Balaban J connectivity index is 1.87. The average Bonchev–Trinajstić information content (AvgIpc) is 2.77. The van der Waals surface area contributed by atoms with Gasteiger partial charge in [0.2, 0.25) is 0 Å². The summed E-state index contributed by atoms with van der Waals surface area (Å²) in [5.41, 5.74) is 5.04. The number of hydrogen-bond donors (Lipinski definition) is 2. The fraction of sp³-hybridized carbons (Fsp3) is 0.133. The van der Waals surface area contributed by atoms with Crippen LogP contribution in [0.3, 0.4) is 0 Å². The molecule has 0 spiro atoms. The lowest BCUT2D eigenvalue weighted by Crippen LogP contribution is -1.95. The minimum absolute atomic E-state index is 0.238. The summed E-state index contributed by atoms with van der Waals surface area (Å²) in [5, 5.41) is 14.5. The maximum atomic E-state index is 9.24. The van der Waals surface area contributed by atoms with Gasteiger partial charge in [-0.05, 0) is 49.2 Å². The van der Waals surface area contributed by atoms with Crippen LogP contribution in [-0.2, 0) is 0 Å². The number of thiophene rings is 1. The van der Waals surface area contributed by atoms with Crippen molar-refractivity contribution in [2.24, 2.45) is 5.10 Å². The molecule has 0 radical (unpaired) electrons. The van der Waals surface area contributed by atoms with E-state index in [4.69, 9.17) is 0 Å². The molecule has 0 saturated heterocycles. The van der Waals surface area contributed by atoms with Crippen LogP contribution in [0.25, 0.3) is 10.2 Å². The molecule has 0 saturated carbocycles. The van der Waals surface area contributed by atoms with E-state index in [2.05, 4.69) is 34.3 Å². The van der Waals surface area contributed by atoms with Gasteiger partial charge in [0.15, 0.2) is 5.82 Å². The van der Waals surface area contributed by atoms with E-state index in [9.17, 15) is 5.11 Å². The maximum absolute atomic E-state index is 9.24. The van der Waals surface area contributed by atoms with Gasteiger partial charge in [-0.15, -0.1) is 11.3 Å². The van der Waals surface area contributed by atoms with Crippen molar-refractivity contribution in [3.63, 3.8) is 0 Å². The molecule has 3 rings (SSSR count). The third-order valence-corrected chi connectivity index (χ3v) is 4.36. The lowest BCUT2D eigenvalue weighted by molar-refractivity contribution is 0.475. The molecule has 0 aliphatic carbocycles. The first-order chi connectivity index (χ1) is 10.1. The minimum Gasteiger partial charge on any atom is -0.508 e. The molecular weight excluding hydrogens is 284 g/mol. The van der Waals surface area contributed by atoms with Crippen LogP contribution in [0.15, 0.2) is 35.7 Å². The van der Waals surface area contributed by atoms with Crippen molar-refractivity contribution >= 4 is 33.6 Å². The molecule has 0 aliphatic heterocycles. The lowest BCUT2D eigenvalue weighted by Gasteiger charge is -2.02. The van der Waals surface area contributed by atoms with E-state index in [1.54, 1.807) is 41.8 Å². The van der Waals surface area contributed by atoms with Crippen LogP contribution in [0.4, 0.5) is 5.82 Å². The second-order valence-electron chi connectivity index (χ2n) is 4.65. The highest BCUT2D eigenvalue weighted by Crippen LogP contribution is 2.32. The maximum Gasteiger partial charge on any atom is 0.158 e. The number of benzene rings is 1. The van der Waals surface area contributed by atoms with Crippen LogP contribution in [0, 0.1) is 13.8 Å². The molecule has 2 N–H and O–H groups in total. The van der Waals surface area contributed by atoms with Crippen molar-refractivity contribution < 1.29 is 5.11 Å². The van der Waals surface area contributed by atoms with Gasteiger partial charge in [-0.3, -0.25) is 5.43 Å². The van der Waals surface area contributed by atoms with Crippen LogP contribution in [0.2, 0.25) is 0 Å². The number of hydrazone groups is 1. The normalized spacial score (nSPS) is 11.3. The number of rotatable bonds is 3. The van der Waals surface area contributed by atoms with Crippen LogP contribution >= 0.6 is 11.3 Å². The van der Waals surface area contributed by atoms with E-state index in [1.807, 2.05) is 0 Å². The van der Waals surface area contributed by atoms with E-state index in [0.29, 0.717) is 5.82 Å². The zero-order chi connectivity index (χ0) is 14.8. The van der Waals surface area contributed by atoms with Gasteiger partial charge >= 0.3 is 0 Å². The van der Waals surface area contributed by atoms with Crippen molar-refractivity contribution in [1.82, 2.24) is 9.97 Å². The molecule has 0 bridgehead atoms. The molecule has 2 aromatic heterocycles. The largest absolute Gasteiger partial charge is 0.508 e. The first-order valence-corrected chi connectivity index (χ1v) is 7.25. The fourth-order valence-corrected chi connectivity index (χ4v) is 2.99. The highest BCUT2D eigenvalue weighted by atomic mass is 32.1. The van der Waals surface area contributed by atoms with E-state index >= 15 is 0 Å². The highest BCUT2D eigenvalue weighted by Gasteiger charge is 2.10. The number of nitrogens with zero attached hydrogens (tertiary/aromatic N) is 3. The molecule has 0 amide bonds. The van der Waals surface area contributed by atoms with Crippen LogP contribution < -0.4 is 5.43 Å². The number of nitrogens with one attached hydrogen (secondary N) is 1. The predicted octanol–water partition coefficient (Wildman–Crippen LogP) is 3.46. The number of phenolic OH excluding ortho intramolecular Hbond substituents is 1.